The largest absolute Gasteiger partial charge is 0.507 e. The summed E-state index contributed by atoms with van der Waals surface area (Å²) in [6.07, 6.45) is 0. The van der Waals surface area contributed by atoms with Crippen LogP contribution in [0.2, 0.25) is 0 Å². The van der Waals surface area contributed by atoms with Crippen molar-refractivity contribution < 1.29 is 28.6 Å². The van der Waals surface area contributed by atoms with Gasteiger partial charge in [0, 0.05) is 11.3 Å². The molecule has 1 N–H and O–H groups in total. The second-order valence-corrected chi connectivity index (χ2v) is 12.8. The Morgan fingerprint density at radius 3 is 2.26 bits per heavy atom. The highest BCUT2D eigenvalue weighted by molar-refractivity contribution is 8.00. The fourth-order valence-corrected chi connectivity index (χ4v) is 7.02. The van der Waals surface area contributed by atoms with Crippen LogP contribution in [0.5, 0.6) is 11.5 Å². The molecule has 8 nitrogen and oxygen atoms in total. The zero-order chi connectivity index (χ0) is 32.9. The normalized spacial score (nSPS) is 15.6. The monoisotopic (exact) mass is 667 g/mol. The van der Waals surface area contributed by atoms with Crippen LogP contribution in [-0.4, -0.2) is 33.6 Å². The molecule has 0 radical (unpaired) electrons. The lowest BCUT2D eigenvalue weighted by atomic mass is 9.95. The van der Waals surface area contributed by atoms with Crippen molar-refractivity contribution in [3.63, 3.8) is 0 Å². The summed E-state index contributed by atoms with van der Waals surface area (Å²) in [6, 6.07) is 27.1. The van der Waals surface area contributed by atoms with E-state index < -0.39 is 17.7 Å². The number of aryl methyl sites for hydroxylation is 1. The number of hydrogen-bond donors (Lipinski definition) is 1. The SMILES string of the molecule is CCOc1ccc(C2C(=C(O)c3ccc(OCc4ccccc4C)cc3)C(=O)C(=O)N2c2nnc(SCc3ccccc3F)s2)cc1. The molecule has 1 saturated heterocycles. The van der Waals surface area contributed by atoms with Crippen molar-refractivity contribution in [2.24, 2.45) is 0 Å². The molecule has 2 heterocycles. The number of benzene rings is 4. The summed E-state index contributed by atoms with van der Waals surface area (Å²) < 4.78 is 26.2. The molecular formula is C36H30FN3O5S2. The number of halogens is 1. The number of aliphatic hydroxyl groups excluding tert-OH is 1. The molecular weight excluding hydrogens is 638 g/mol. The molecule has 1 fully saturated rings. The van der Waals surface area contributed by atoms with Gasteiger partial charge in [-0.1, -0.05) is 77.7 Å². The number of ketones is 1. The number of nitrogens with zero attached hydrogens (tertiary/aromatic N) is 3. The number of anilines is 1. The van der Waals surface area contributed by atoms with Gasteiger partial charge in [-0.2, -0.15) is 0 Å². The number of carbonyl (C=O) groups excluding carboxylic acids is 2. The molecule has 1 atom stereocenters. The second kappa shape index (κ2) is 14.2. The number of thioether (sulfide) groups is 1. The van der Waals surface area contributed by atoms with E-state index in [1.807, 2.05) is 38.1 Å². The fourth-order valence-electron chi connectivity index (χ4n) is 5.17. The Bertz CT molecular complexity index is 1940. The van der Waals surface area contributed by atoms with E-state index in [0.29, 0.717) is 51.5 Å². The van der Waals surface area contributed by atoms with Crippen molar-refractivity contribution in [2.45, 2.75) is 36.6 Å². The van der Waals surface area contributed by atoms with Crippen LogP contribution in [0.3, 0.4) is 0 Å². The third-order valence-corrected chi connectivity index (χ3v) is 9.75. The van der Waals surface area contributed by atoms with Crippen molar-refractivity contribution >= 4 is 45.7 Å². The smallest absolute Gasteiger partial charge is 0.301 e. The highest BCUT2D eigenvalue weighted by Gasteiger charge is 2.48. The Morgan fingerprint density at radius 2 is 1.55 bits per heavy atom. The first-order valence-electron chi connectivity index (χ1n) is 14.8. The van der Waals surface area contributed by atoms with Gasteiger partial charge >= 0.3 is 5.91 Å². The third-order valence-electron chi connectivity index (χ3n) is 7.65. The van der Waals surface area contributed by atoms with Crippen LogP contribution in [0.1, 0.15) is 40.8 Å². The van der Waals surface area contributed by atoms with Gasteiger partial charge in [-0.25, -0.2) is 4.39 Å². The first-order valence-corrected chi connectivity index (χ1v) is 16.7. The van der Waals surface area contributed by atoms with Crippen LogP contribution in [0.4, 0.5) is 9.52 Å². The van der Waals surface area contributed by atoms with Crippen LogP contribution < -0.4 is 14.4 Å². The molecule has 6 rings (SSSR count). The van der Waals surface area contributed by atoms with Gasteiger partial charge < -0.3 is 14.6 Å². The lowest BCUT2D eigenvalue weighted by Gasteiger charge is -2.22. The Labute approximate surface area is 279 Å². The van der Waals surface area contributed by atoms with E-state index in [2.05, 4.69) is 10.2 Å². The summed E-state index contributed by atoms with van der Waals surface area (Å²) in [5.41, 5.74) is 3.52. The summed E-state index contributed by atoms with van der Waals surface area (Å²) in [6.45, 7) is 4.74. The van der Waals surface area contributed by atoms with Crippen molar-refractivity contribution in [3.8, 4) is 11.5 Å². The Hall–Kier alpha value is -5.00. The summed E-state index contributed by atoms with van der Waals surface area (Å²) in [7, 11) is 0. The molecule has 1 aliphatic heterocycles. The maximum absolute atomic E-state index is 14.2. The minimum absolute atomic E-state index is 0.0801. The molecule has 0 saturated carbocycles. The number of hydrogen-bond acceptors (Lipinski definition) is 9. The van der Waals surface area contributed by atoms with Gasteiger partial charge in [-0.15, -0.1) is 10.2 Å². The maximum atomic E-state index is 14.2. The topological polar surface area (TPSA) is 102 Å². The summed E-state index contributed by atoms with van der Waals surface area (Å²) >= 11 is 2.39. The summed E-state index contributed by atoms with van der Waals surface area (Å²) in [5, 5.41) is 20.2. The predicted octanol–water partition coefficient (Wildman–Crippen LogP) is 7.88. The van der Waals surface area contributed by atoms with Gasteiger partial charge in [0.15, 0.2) is 4.34 Å². The summed E-state index contributed by atoms with van der Waals surface area (Å²) in [5.74, 6) is -0.819. The Balaban J connectivity index is 1.31. The van der Waals surface area contributed by atoms with E-state index in [9.17, 15) is 19.1 Å². The number of aliphatic hydroxyl groups is 1. The zero-order valence-electron chi connectivity index (χ0n) is 25.6. The van der Waals surface area contributed by atoms with Gasteiger partial charge in [0.1, 0.15) is 29.7 Å². The van der Waals surface area contributed by atoms with Crippen LogP contribution in [0, 0.1) is 12.7 Å². The number of ether oxygens (including phenoxy) is 2. The highest BCUT2D eigenvalue weighted by atomic mass is 32.2. The number of aromatic nitrogens is 2. The first-order chi connectivity index (χ1) is 22.8. The van der Waals surface area contributed by atoms with Gasteiger partial charge in [0.25, 0.3) is 5.78 Å². The van der Waals surface area contributed by atoms with E-state index in [1.165, 1.54) is 22.7 Å². The lowest BCUT2D eigenvalue weighted by Crippen LogP contribution is -2.29. The quantitative estimate of drug-likeness (QED) is 0.0499. The number of amides is 1. The van der Waals surface area contributed by atoms with Crippen LogP contribution >= 0.6 is 23.1 Å². The van der Waals surface area contributed by atoms with E-state index in [4.69, 9.17) is 9.47 Å². The van der Waals surface area contributed by atoms with Gasteiger partial charge in [-0.05, 0) is 78.6 Å². The standard InChI is InChI=1S/C36H30FN3O5S2/c1-3-44-27-16-12-23(13-17-27)31-30(32(41)24-14-18-28(19-15-24)45-20-25-9-5-4-8-22(25)2)33(42)34(43)40(31)35-38-39-36(47-35)46-21-26-10-6-7-11-29(26)37/h4-19,31,41H,3,20-21H2,1-2H3. The molecule has 1 aromatic heterocycles. The van der Waals surface area contributed by atoms with Crippen LogP contribution in [0.25, 0.3) is 5.76 Å². The van der Waals surface area contributed by atoms with Crippen molar-refractivity contribution in [2.75, 3.05) is 11.5 Å². The molecule has 1 amide bonds. The molecule has 1 aliphatic rings. The van der Waals surface area contributed by atoms with Gasteiger partial charge in [0.05, 0.1) is 18.2 Å². The molecule has 1 unspecified atom stereocenters. The van der Waals surface area contributed by atoms with Crippen LogP contribution in [-0.2, 0) is 21.9 Å². The summed E-state index contributed by atoms with van der Waals surface area (Å²) in [4.78, 5) is 28.5. The lowest BCUT2D eigenvalue weighted by molar-refractivity contribution is -0.132. The fraction of sp³-hybridized carbons (Fsp3) is 0.167. The van der Waals surface area contributed by atoms with Crippen LogP contribution in [0.15, 0.2) is 107 Å². The molecule has 4 aromatic carbocycles. The van der Waals surface area contributed by atoms with Crippen molar-refractivity contribution in [1.82, 2.24) is 10.2 Å². The Kier molecular flexibility index (Phi) is 9.65. The third kappa shape index (κ3) is 6.91. The zero-order valence-corrected chi connectivity index (χ0v) is 27.2. The Morgan fingerprint density at radius 1 is 0.894 bits per heavy atom. The molecule has 238 valence electrons. The average molecular weight is 668 g/mol. The minimum Gasteiger partial charge on any atom is -0.507 e. The number of carbonyl (C=O) groups is 2. The van der Waals surface area contributed by atoms with E-state index in [-0.39, 0.29) is 22.3 Å². The van der Waals surface area contributed by atoms with E-state index in [0.717, 1.165) is 22.5 Å². The van der Waals surface area contributed by atoms with Gasteiger partial charge in [0.2, 0.25) is 5.13 Å². The molecule has 0 spiro atoms. The predicted molar refractivity (Wildman–Crippen MR) is 180 cm³/mol. The molecule has 0 aliphatic carbocycles. The van der Waals surface area contributed by atoms with Gasteiger partial charge in [-0.3, -0.25) is 14.5 Å². The van der Waals surface area contributed by atoms with E-state index >= 15 is 0 Å². The van der Waals surface area contributed by atoms with E-state index in [1.54, 1.807) is 66.7 Å². The highest BCUT2D eigenvalue weighted by Crippen LogP contribution is 2.44. The van der Waals surface area contributed by atoms with Crippen molar-refractivity contribution in [1.29, 1.82) is 0 Å². The molecule has 5 aromatic rings. The molecule has 11 heteroatoms. The van der Waals surface area contributed by atoms with Crippen molar-refractivity contribution in [3.05, 3.63) is 136 Å². The maximum Gasteiger partial charge on any atom is 0.301 e. The minimum atomic E-state index is -0.986. The molecule has 0 bridgehead atoms. The molecule has 47 heavy (non-hydrogen) atoms. The first kappa shape index (κ1) is 32.0. The number of rotatable bonds is 11. The average Bonchev–Trinajstić information content (AvgIpc) is 3.66. The second-order valence-electron chi connectivity index (χ2n) is 10.6. The number of Topliss-reactive ketones (excluding diaryl/α,β-unsaturated/α-hetero) is 1.